The van der Waals surface area contributed by atoms with Crippen molar-refractivity contribution in [3.63, 3.8) is 0 Å². The number of phenols is 2. The molecule has 0 unspecified atom stereocenters. The Labute approximate surface area is 229 Å². The first kappa shape index (κ1) is 29.1. The van der Waals surface area contributed by atoms with E-state index in [1.807, 2.05) is 12.1 Å². The van der Waals surface area contributed by atoms with Crippen LogP contribution in [0.5, 0.6) is 11.5 Å². The lowest BCUT2D eigenvalue weighted by Gasteiger charge is -2.20. The Balaban J connectivity index is 0.000000150. The summed E-state index contributed by atoms with van der Waals surface area (Å²) in [5.74, 6) is -1.51. The molecule has 0 atom stereocenters. The van der Waals surface area contributed by atoms with Crippen molar-refractivity contribution >= 4 is 0 Å². The zero-order valence-electron chi connectivity index (χ0n) is 21.9. The molecule has 39 heavy (non-hydrogen) atoms. The summed E-state index contributed by atoms with van der Waals surface area (Å²) in [5.41, 5.74) is 6.09. The molecule has 0 spiro atoms. The van der Waals surface area contributed by atoms with Gasteiger partial charge in [-0.05, 0) is 59.9 Å². The second-order valence-corrected chi connectivity index (χ2v) is 8.57. The highest BCUT2D eigenvalue weighted by Gasteiger charge is 2.25. The minimum Gasteiger partial charge on any atom is -0.508 e. The fraction of sp³-hybridized carbons (Fsp3) is 0.118. The van der Waals surface area contributed by atoms with Gasteiger partial charge >= 0.3 is 5.97 Å². The Morgan fingerprint density at radius 3 is 1.26 bits per heavy atom. The Bertz CT molecular complexity index is 1290. The summed E-state index contributed by atoms with van der Waals surface area (Å²) >= 11 is 0. The quantitative estimate of drug-likeness (QED) is 0.191. The molecular formula is C34H34O5. The maximum absolute atomic E-state index is 9.32. The molecule has 4 N–H and O–H groups in total. The molecule has 0 saturated heterocycles. The molecule has 0 aliphatic heterocycles. The summed E-state index contributed by atoms with van der Waals surface area (Å²) in [7, 11) is 0. The first-order valence-corrected chi connectivity index (χ1v) is 12.7. The number of benzene rings is 5. The van der Waals surface area contributed by atoms with E-state index in [0.717, 1.165) is 6.42 Å². The van der Waals surface area contributed by atoms with Gasteiger partial charge in [0.1, 0.15) is 11.5 Å². The molecule has 0 saturated carbocycles. The van der Waals surface area contributed by atoms with Crippen LogP contribution in [0.15, 0.2) is 140 Å². The van der Waals surface area contributed by atoms with E-state index < -0.39 is 5.97 Å². The number of para-hydroxylation sites is 2. The van der Waals surface area contributed by atoms with Crippen molar-refractivity contribution in [2.75, 3.05) is 6.61 Å². The van der Waals surface area contributed by atoms with Crippen molar-refractivity contribution in [1.29, 1.82) is 0 Å². The van der Waals surface area contributed by atoms with Crippen LogP contribution in [0.2, 0.25) is 0 Å². The smallest absolute Gasteiger partial charge is 0.306 e. The van der Waals surface area contributed by atoms with Gasteiger partial charge in [0.15, 0.2) is 0 Å². The normalized spacial score (nSPS) is 10.7. The largest absolute Gasteiger partial charge is 0.508 e. The van der Waals surface area contributed by atoms with Crippen LogP contribution < -0.4 is 0 Å². The minimum atomic E-state index is -2.16. The highest BCUT2D eigenvalue weighted by molar-refractivity contribution is 5.76. The van der Waals surface area contributed by atoms with Crippen molar-refractivity contribution in [1.82, 2.24) is 0 Å². The van der Waals surface area contributed by atoms with E-state index in [1.54, 1.807) is 85.8 Å². The summed E-state index contributed by atoms with van der Waals surface area (Å²) in [4.78, 5) is 0. The molecule has 6 rings (SSSR count). The SMILES string of the molecule is CCOC(O)(O)c1ccccc1.Oc1ccccc1.Oc1ccccc1.c1ccc2c(c1)Cc1ccccc1-2. The van der Waals surface area contributed by atoms with Crippen molar-refractivity contribution in [2.24, 2.45) is 0 Å². The maximum Gasteiger partial charge on any atom is 0.306 e. The van der Waals surface area contributed by atoms with Gasteiger partial charge in [0.05, 0.1) is 0 Å². The van der Waals surface area contributed by atoms with Crippen LogP contribution >= 0.6 is 0 Å². The summed E-state index contributed by atoms with van der Waals surface area (Å²) in [6, 6.07) is 43.2. The number of hydrogen-bond donors (Lipinski definition) is 4. The number of phenolic OH excluding ortho intramolecular Hbond substituents is 2. The van der Waals surface area contributed by atoms with Gasteiger partial charge in [0, 0.05) is 12.2 Å². The molecule has 0 radical (unpaired) electrons. The van der Waals surface area contributed by atoms with Gasteiger partial charge in [-0.25, -0.2) is 0 Å². The van der Waals surface area contributed by atoms with Crippen LogP contribution in [-0.2, 0) is 17.1 Å². The summed E-state index contributed by atoms with van der Waals surface area (Å²) in [6.45, 7) is 1.95. The first-order valence-electron chi connectivity index (χ1n) is 12.7. The van der Waals surface area contributed by atoms with E-state index >= 15 is 0 Å². The van der Waals surface area contributed by atoms with Crippen molar-refractivity contribution in [2.45, 2.75) is 19.3 Å². The van der Waals surface area contributed by atoms with Crippen molar-refractivity contribution < 1.29 is 25.2 Å². The summed E-state index contributed by atoms with van der Waals surface area (Å²) in [5, 5.41) is 35.9. The highest BCUT2D eigenvalue weighted by atomic mass is 16.8. The predicted molar refractivity (Wildman–Crippen MR) is 155 cm³/mol. The van der Waals surface area contributed by atoms with E-state index in [9.17, 15) is 10.2 Å². The van der Waals surface area contributed by atoms with Crippen LogP contribution in [0, 0.1) is 0 Å². The first-order chi connectivity index (χ1) is 18.9. The fourth-order valence-corrected chi connectivity index (χ4v) is 3.88. The second kappa shape index (κ2) is 15.1. The fourth-order valence-electron chi connectivity index (χ4n) is 3.88. The van der Waals surface area contributed by atoms with E-state index in [-0.39, 0.29) is 6.61 Å². The Hall–Kier alpha value is -4.42. The van der Waals surface area contributed by atoms with E-state index in [4.69, 9.17) is 14.9 Å². The van der Waals surface area contributed by atoms with Crippen LogP contribution in [0.25, 0.3) is 11.1 Å². The van der Waals surface area contributed by atoms with Gasteiger partial charge in [0.2, 0.25) is 0 Å². The molecule has 0 amide bonds. The minimum absolute atomic E-state index is 0.252. The zero-order chi connectivity index (χ0) is 27.9. The number of rotatable bonds is 3. The summed E-state index contributed by atoms with van der Waals surface area (Å²) < 4.78 is 4.73. The third-order valence-corrected chi connectivity index (χ3v) is 5.71. The van der Waals surface area contributed by atoms with Gasteiger partial charge in [-0.1, -0.05) is 115 Å². The van der Waals surface area contributed by atoms with Crippen LogP contribution in [0.1, 0.15) is 23.6 Å². The van der Waals surface area contributed by atoms with E-state index in [0.29, 0.717) is 17.1 Å². The lowest BCUT2D eigenvalue weighted by atomic mass is 10.1. The van der Waals surface area contributed by atoms with Gasteiger partial charge in [0.25, 0.3) is 0 Å². The van der Waals surface area contributed by atoms with Crippen LogP contribution in [0.3, 0.4) is 0 Å². The van der Waals surface area contributed by atoms with E-state index in [2.05, 4.69) is 48.5 Å². The molecule has 0 bridgehead atoms. The molecule has 0 fully saturated rings. The molecule has 200 valence electrons. The average Bonchev–Trinajstić information content (AvgIpc) is 3.34. The van der Waals surface area contributed by atoms with Crippen molar-refractivity contribution in [3.05, 3.63) is 156 Å². The average molecular weight is 523 g/mol. The number of aromatic hydroxyl groups is 2. The number of ether oxygens (including phenoxy) is 1. The number of hydrogen-bond acceptors (Lipinski definition) is 5. The molecule has 5 aromatic rings. The third kappa shape index (κ3) is 9.43. The monoisotopic (exact) mass is 522 g/mol. The van der Waals surface area contributed by atoms with Crippen LogP contribution in [-0.4, -0.2) is 27.0 Å². The van der Waals surface area contributed by atoms with Crippen molar-refractivity contribution in [3.8, 4) is 22.6 Å². The van der Waals surface area contributed by atoms with Gasteiger partial charge in [-0.15, -0.1) is 0 Å². The lowest BCUT2D eigenvalue weighted by Crippen LogP contribution is -2.28. The van der Waals surface area contributed by atoms with Gasteiger partial charge in [-0.3, -0.25) is 0 Å². The molecule has 0 aromatic heterocycles. The zero-order valence-corrected chi connectivity index (χ0v) is 21.9. The highest BCUT2D eigenvalue weighted by Crippen LogP contribution is 2.35. The lowest BCUT2D eigenvalue weighted by molar-refractivity contribution is -0.348. The van der Waals surface area contributed by atoms with E-state index in [1.165, 1.54) is 22.3 Å². The molecule has 5 nitrogen and oxygen atoms in total. The Morgan fingerprint density at radius 1 is 0.538 bits per heavy atom. The third-order valence-electron chi connectivity index (χ3n) is 5.71. The second-order valence-electron chi connectivity index (χ2n) is 8.57. The molecule has 5 heteroatoms. The van der Waals surface area contributed by atoms with Gasteiger partial charge < -0.3 is 25.2 Å². The molecule has 1 aliphatic carbocycles. The summed E-state index contributed by atoms with van der Waals surface area (Å²) in [6.07, 6.45) is 1.10. The Kier molecular flexibility index (Phi) is 11.3. The van der Waals surface area contributed by atoms with Crippen LogP contribution in [0.4, 0.5) is 0 Å². The molecule has 5 aromatic carbocycles. The standard InChI is InChI=1S/C13H10.C9H12O3.2C6H6O/c1-3-7-12-10(5-1)9-11-6-2-4-8-13(11)12;1-2-12-9(10,11)8-6-4-3-5-7-8;2*7-6-4-2-1-3-5-6/h1-8H,9H2;3-7,10-11H,2H2,1H3;2*1-5,7H. The predicted octanol–water partition coefficient (Wildman–Crippen LogP) is 6.86. The number of fused-ring (bicyclic) bond motifs is 3. The maximum atomic E-state index is 9.32. The number of aliphatic hydroxyl groups is 2. The topological polar surface area (TPSA) is 90.2 Å². The van der Waals surface area contributed by atoms with Gasteiger partial charge in [-0.2, -0.15) is 0 Å². The Morgan fingerprint density at radius 2 is 0.897 bits per heavy atom. The molecule has 1 aliphatic rings. The molecular weight excluding hydrogens is 488 g/mol. The molecule has 0 heterocycles.